The summed E-state index contributed by atoms with van der Waals surface area (Å²) in [6.07, 6.45) is 2.74. The first-order chi connectivity index (χ1) is 14.4. The number of ketones is 1. The van der Waals surface area contributed by atoms with Gasteiger partial charge in [0, 0.05) is 18.7 Å². The van der Waals surface area contributed by atoms with E-state index in [0.717, 1.165) is 19.3 Å². The molecule has 9 heteroatoms. The number of nitrogens with zero attached hydrogens (tertiary/aromatic N) is 1. The number of piperidine rings is 1. The van der Waals surface area contributed by atoms with Gasteiger partial charge < -0.3 is 14.2 Å². The minimum absolute atomic E-state index is 0.0931. The summed E-state index contributed by atoms with van der Waals surface area (Å²) in [6.45, 7) is 0.666. The zero-order chi connectivity index (χ0) is 21.1. The highest BCUT2D eigenvalue weighted by atomic mass is 32.2. The van der Waals surface area contributed by atoms with Gasteiger partial charge in [0.2, 0.25) is 16.8 Å². The van der Waals surface area contributed by atoms with Crippen LogP contribution in [0.1, 0.15) is 40.0 Å². The Morgan fingerprint density at radius 1 is 0.900 bits per heavy atom. The second kappa shape index (κ2) is 8.45. The van der Waals surface area contributed by atoms with Gasteiger partial charge in [0.1, 0.15) is 0 Å². The van der Waals surface area contributed by atoms with Gasteiger partial charge >= 0.3 is 5.97 Å². The van der Waals surface area contributed by atoms with Crippen LogP contribution in [0, 0.1) is 0 Å². The highest BCUT2D eigenvalue weighted by molar-refractivity contribution is 7.89. The van der Waals surface area contributed by atoms with Crippen LogP contribution in [-0.4, -0.2) is 51.0 Å². The lowest BCUT2D eigenvalue weighted by Gasteiger charge is -2.25. The highest BCUT2D eigenvalue weighted by Crippen LogP contribution is 2.32. The average molecular weight is 431 g/mol. The molecule has 0 N–H and O–H groups in total. The van der Waals surface area contributed by atoms with Crippen molar-refractivity contribution in [2.24, 2.45) is 0 Å². The van der Waals surface area contributed by atoms with Crippen LogP contribution in [0.3, 0.4) is 0 Å². The molecule has 1 fully saturated rings. The van der Waals surface area contributed by atoms with Crippen molar-refractivity contribution in [1.29, 1.82) is 0 Å². The second-order valence-electron chi connectivity index (χ2n) is 7.06. The molecule has 0 aromatic heterocycles. The number of Topliss-reactive ketones (excluding diaryl/α,β-unsaturated/α-hetero) is 1. The molecule has 0 atom stereocenters. The number of benzene rings is 2. The van der Waals surface area contributed by atoms with E-state index in [-0.39, 0.29) is 22.8 Å². The van der Waals surface area contributed by atoms with Crippen LogP contribution in [0.2, 0.25) is 0 Å². The molecule has 30 heavy (non-hydrogen) atoms. The molecule has 0 bridgehead atoms. The van der Waals surface area contributed by atoms with Crippen molar-refractivity contribution < 1.29 is 32.2 Å². The van der Waals surface area contributed by atoms with Crippen molar-refractivity contribution in [3.8, 4) is 11.5 Å². The zero-order valence-corrected chi connectivity index (χ0v) is 17.0. The van der Waals surface area contributed by atoms with Crippen molar-refractivity contribution in [2.75, 3.05) is 26.5 Å². The lowest BCUT2D eigenvalue weighted by molar-refractivity contribution is 0.0474. The number of sulfonamides is 1. The number of hydrogen-bond acceptors (Lipinski definition) is 7. The third-order valence-electron chi connectivity index (χ3n) is 5.07. The van der Waals surface area contributed by atoms with Gasteiger partial charge in [0.05, 0.1) is 10.5 Å². The predicted octanol–water partition coefficient (Wildman–Crippen LogP) is 2.63. The molecular weight excluding hydrogens is 410 g/mol. The van der Waals surface area contributed by atoms with Crippen molar-refractivity contribution >= 4 is 21.8 Å². The van der Waals surface area contributed by atoms with E-state index in [1.165, 1.54) is 40.7 Å². The second-order valence-corrected chi connectivity index (χ2v) is 8.99. The Morgan fingerprint density at radius 3 is 2.30 bits per heavy atom. The summed E-state index contributed by atoms with van der Waals surface area (Å²) in [5.41, 5.74) is 0.515. The third kappa shape index (κ3) is 4.17. The van der Waals surface area contributed by atoms with Crippen LogP contribution in [0.25, 0.3) is 0 Å². The minimum atomic E-state index is -3.56. The van der Waals surface area contributed by atoms with E-state index in [1.807, 2.05) is 0 Å². The SMILES string of the molecule is O=C(COC(=O)c1ccc2c(c1)OCO2)c1ccc(S(=O)(=O)N2CCCCC2)cc1. The topological polar surface area (TPSA) is 99.2 Å². The van der Waals surface area contributed by atoms with Crippen LogP contribution in [0.4, 0.5) is 0 Å². The van der Waals surface area contributed by atoms with Crippen LogP contribution in [-0.2, 0) is 14.8 Å². The molecule has 0 amide bonds. The maximum absolute atomic E-state index is 12.7. The first kappa shape index (κ1) is 20.4. The van der Waals surface area contributed by atoms with Gasteiger partial charge in [0.15, 0.2) is 23.9 Å². The van der Waals surface area contributed by atoms with E-state index in [2.05, 4.69) is 0 Å². The van der Waals surface area contributed by atoms with Crippen molar-refractivity contribution in [2.45, 2.75) is 24.2 Å². The first-order valence-electron chi connectivity index (χ1n) is 9.65. The summed E-state index contributed by atoms with van der Waals surface area (Å²) in [5.74, 6) is -0.0968. The Hall–Kier alpha value is -2.91. The summed E-state index contributed by atoms with van der Waals surface area (Å²) in [7, 11) is -3.56. The number of fused-ring (bicyclic) bond motifs is 1. The molecular formula is C21H21NO7S. The molecule has 2 aromatic carbocycles. The van der Waals surface area contributed by atoms with Crippen molar-refractivity contribution in [3.05, 3.63) is 53.6 Å². The summed E-state index contributed by atoms with van der Waals surface area (Å²) < 4.78 is 42.3. The number of rotatable bonds is 6. The molecule has 2 aliphatic heterocycles. The van der Waals surface area contributed by atoms with E-state index >= 15 is 0 Å². The standard InChI is InChI=1S/C21H21NO7S/c23-18(13-27-21(24)16-6-9-19-20(12-16)29-14-28-19)15-4-7-17(8-5-15)30(25,26)22-10-2-1-3-11-22/h4-9,12H,1-3,10-11,13-14H2. The van der Waals surface area contributed by atoms with Gasteiger partial charge in [-0.1, -0.05) is 6.42 Å². The number of carbonyl (C=O) groups is 2. The average Bonchev–Trinajstić information content (AvgIpc) is 3.26. The van der Waals surface area contributed by atoms with Gasteiger partial charge in [-0.25, -0.2) is 13.2 Å². The smallest absolute Gasteiger partial charge is 0.338 e. The Labute approximate surface area is 174 Å². The summed E-state index contributed by atoms with van der Waals surface area (Å²) in [4.78, 5) is 24.7. The molecule has 2 aliphatic rings. The third-order valence-corrected chi connectivity index (χ3v) is 6.98. The highest BCUT2D eigenvalue weighted by Gasteiger charge is 2.26. The molecule has 1 saturated heterocycles. The molecule has 2 heterocycles. The Balaban J connectivity index is 1.37. The maximum Gasteiger partial charge on any atom is 0.338 e. The molecule has 0 saturated carbocycles. The lowest BCUT2D eigenvalue weighted by Crippen LogP contribution is -2.35. The molecule has 0 aliphatic carbocycles. The fourth-order valence-corrected chi connectivity index (χ4v) is 4.91. The zero-order valence-electron chi connectivity index (χ0n) is 16.2. The Bertz CT molecular complexity index is 1060. The summed E-state index contributed by atoms with van der Waals surface area (Å²) in [6, 6.07) is 10.3. The molecule has 2 aromatic rings. The van der Waals surface area contributed by atoms with E-state index in [0.29, 0.717) is 24.6 Å². The fraction of sp³-hybridized carbons (Fsp3) is 0.333. The van der Waals surface area contributed by atoms with Crippen LogP contribution in [0.15, 0.2) is 47.4 Å². The van der Waals surface area contributed by atoms with Gasteiger partial charge in [0.25, 0.3) is 0 Å². The number of esters is 1. The van der Waals surface area contributed by atoms with Crippen molar-refractivity contribution in [1.82, 2.24) is 4.31 Å². The fourth-order valence-electron chi connectivity index (χ4n) is 3.39. The Kier molecular flexibility index (Phi) is 5.74. The van der Waals surface area contributed by atoms with E-state index in [9.17, 15) is 18.0 Å². The minimum Gasteiger partial charge on any atom is -0.454 e. The van der Waals surface area contributed by atoms with Gasteiger partial charge in [-0.15, -0.1) is 0 Å². The van der Waals surface area contributed by atoms with E-state index in [1.54, 1.807) is 6.07 Å². The molecule has 0 spiro atoms. The molecule has 158 valence electrons. The van der Waals surface area contributed by atoms with Gasteiger partial charge in [-0.3, -0.25) is 4.79 Å². The van der Waals surface area contributed by atoms with E-state index in [4.69, 9.17) is 14.2 Å². The Morgan fingerprint density at radius 2 is 1.57 bits per heavy atom. The number of ether oxygens (including phenoxy) is 3. The first-order valence-corrected chi connectivity index (χ1v) is 11.1. The van der Waals surface area contributed by atoms with Gasteiger partial charge in [-0.2, -0.15) is 4.31 Å². The molecule has 0 radical (unpaired) electrons. The maximum atomic E-state index is 12.7. The van der Waals surface area contributed by atoms with Crippen molar-refractivity contribution in [3.63, 3.8) is 0 Å². The van der Waals surface area contributed by atoms with Crippen LogP contribution >= 0.6 is 0 Å². The lowest BCUT2D eigenvalue weighted by atomic mass is 10.1. The van der Waals surface area contributed by atoms with E-state index < -0.39 is 28.4 Å². The molecule has 0 unspecified atom stereocenters. The quantitative estimate of drug-likeness (QED) is 0.512. The number of hydrogen-bond donors (Lipinski definition) is 0. The van der Waals surface area contributed by atoms with Gasteiger partial charge in [-0.05, 0) is 55.3 Å². The predicted molar refractivity (Wildman–Crippen MR) is 106 cm³/mol. The van der Waals surface area contributed by atoms with Crippen LogP contribution in [0.5, 0.6) is 11.5 Å². The summed E-state index contributed by atoms with van der Waals surface area (Å²) in [5, 5.41) is 0. The molecule has 8 nitrogen and oxygen atoms in total. The molecule has 4 rings (SSSR count). The largest absolute Gasteiger partial charge is 0.454 e. The van der Waals surface area contributed by atoms with Crippen LogP contribution < -0.4 is 9.47 Å². The number of carbonyl (C=O) groups excluding carboxylic acids is 2. The summed E-state index contributed by atoms with van der Waals surface area (Å²) >= 11 is 0. The monoisotopic (exact) mass is 431 g/mol. The normalized spacial score (nSPS) is 16.3.